The molecule has 2 rings (SSSR count). The van der Waals surface area contributed by atoms with Gasteiger partial charge in [-0.2, -0.15) is 0 Å². The second kappa shape index (κ2) is 5.69. The maximum atomic E-state index is 12.1. The molecule has 0 bridgehead atoms. The highest BCUT2D eigenvalue weighted by molar-refractivity contribution is 5.82. The van der Waals surface area contributed by atoms with E-state index in [9.17, 15) is 9.59 Å². The number of ether oxygens (including phenoxy) is 1. The van der Waals surface area contributed by atoms with Crippen LogP contribution in [0.5, 0.6) is 0 Å². The van der Waals surface area contributed by atoms with Gasteiger partial charge in [-0.05, 0) is 32.1 Å². The molecule has 2 fully saturated rings. The molecule has 5 heteroatoms. The maximum absolute atomic E-state index is 12.1. The Labute approximate surface area is 107 Å². The summed E-state index contributed by atoms with van der Waals surface area (Å²) in [5.74, 6) is -0.255. The number of hydrogen-bond acceptors (Lipinski definition) is 3. The van der Waals surface area contributed by atoms with Gasteiger partial charge in [0, 0.05) is 26.1 Å². The van der Waals surface area contributed by atoms with E-state index in [2.05, 4.69) is 0 Å². The van der Waals surface area contributed by atoms with Crippen LogP contribution in [-0.2, 0) is 14.3 Å². The van der Waals surface area contributed by atoms with E-state index in [1.807, 2.05) is 11.8 Å². The molecule has 0 radical (unpaired) electrons. The second-order valence-corrected chi connectivity index (χ2v) is 5.20. The lowest BCUT2D eigenvalue weighted by Gasteiger charge is -2.31. The molecule has 1 heterocycles. The predicted molar refractivity (Wildman–Crippen MR) is 65.1 cm³/mol. The first-order chi connectivity index (χ1) is 8.61. The molecular weight excluding hydrogens is 234 g/mol. The van der Waals surface area contributed by atoms with Crippen LogP contribution < -0.4 is 0 Å². The summed E-state index contributed by atoms with van der Waals surface area (Å²) in [7, 11) is 0. The van der Waals surface area contributed by atoms with Gasteiger partial charge in [0.25, 0.3) is 0 Å². The van der Waals surface area contributed by atoms with Crippen molar-refractivity contribution in [1.82, 2.24) is 4.90 Å². The average molecular weight is 255 g/mol. The molecule has 0 aromatic carbocycles. The van der Waals surface area contributed by atoms with Gasteiger partial charge in [-0.1, -0.05) is 0 Å². The highest BCUT2D eigenvalue weighted by atomic mass is 16.5. The van der Waals surface area contributed by atoms with E-state index >= 15 is 0 Å². The molecule has 0 aromatic heterocycles. The zero-order valence-electron chi connectivity index (χ0n) is 10.8. The van der Waals surface area contributed by atoms with Crippen molar-refractivity contribution < 1.29 is 19.4 Å². The van der Waals surface area contributed by atoms with Crippen LogP contribution in [0, 0.1) is 11.8 Å². The van der Waals surface area contributed by atoms with E-state index < -0.39 is 5.97 Å². The third kappa shape index (κ3) is 3.22. The van der Waals surface area contributed by atoms with Gasteiger partial charge in [-0.25, -0.2) is 0 Å². The van der Waals surface area contributed by atoms with Crippen molar-refractivity contribution in [2.75, 3.05) is 19.7 Å². The van der Waals surface area contributed by atoms with Crippen LogP contribution >= 0.6 is 0 Å². The standard InChI is InChI=1S/C13H21NO4/c1-2-18-11-8-10(11)13(17)14-5-3-9(4-6-14)7-12(15)16/h9-11H,2-8H2,1H3,(H,15,16). The Balaban J connectivity index is 1.73. The predicted octanol–water partition coefficient (Wildman–Crippen LogP) is 1.12. The lowest BCUT2D eigenvalue weighted by molar-refractivity contribution is -0.139. The lowest BCUT2D eigenvalue weighted by Crippen LogP contribution is -2.40. The molecule has 102 valence electrons. The fourth-order valence-electron chi connectivity index (χ4n) is 2.67. The Morgan fingerprint density at radius 3 is 2.56 bits per heavy atom. The Hall–Kier alpha value is -1.10. The van der Waals surface area contributed by atoms with Crippen LogP contribution in [0.4, 0.5) is 0 Å². The lowest BCUT2D eigenvalue weighted by atomic mass is 9.93. The fourth-order valence-corrected chi connectivity index (χ4v) is 2.67. The van der Waals surface area contributed by atoms with Gasteiger partial charge in [0.2, 0.25) is 5.91 Å². The summed E-state index contributed by atoms with van der Waals surface area (Å²) in [4.78, 5) is 24.6. The molecule has 2 unspecified atom stereocenters. The normalized spacial score (nSPS) is 28.2. The van der Waals surface area contributed by atoms with Gasteiger partial charge in [0.1, 0.15) is 0 Å². The molecule has 0 spiro atoms. The Kier molecular flexibility index (Phi) is 4.22. The summed E-state index contributed by atoms with van der Waals surface area (Å²) in [6, 6.07) is 0. The fraction of sp³-hybridized carbons (Fsp3) is 0.846. The van der Waals surface area contributed by atoms with E-state index in [-0.39, 0.29) is 30.3 Å². The number of carbonyl (C=O) groups is 2. The second-order valence-electron chi connectivity index (χ2n) is 5.20. The van der Waals surface area contributed by atoms with Crippen molar-refractivity contribution in [2.45, 2.75) is 38.7 Å². The molecule has 5 nitrogen and oxygen atoms in total. The van der Waals surface area contributed by atoms with Crippen LogP contribution in [0.15, 0.2) is 0 Å². The quantitative estimate of drug-likeness (QED) is 0.799. The summed E-state index contributed by atoms with van der Waals surface area (Å²) in [6.45, 7) is 4.00. The first-order valence-electron chi connectivity index (χ1n) is 6.74. The number of carboxylic acids is 1. The van der Waals surface area contributed by atoms with Crippen molar-refractivity contribution in [2.24, 2.45) is 11.8 Å². The number of rotatable bonds is 5. The van der Waals surface area contributed by atoms with Crippen LogP contribution in [0.25, 0.3) is 0 Å². The van der Waals surface area contributed by atoms with Gasteiger partial charge in [-0.3, -0.25) is 9.59 Å². The number of piperidine rings is 1. The first-order valence-corrected chi connectivity index (χ1v) is 6.74. The molecule has 1 amide bonds. The van der Waals surface area contributed by atoms with Crippen molar-refractivity contribution >= 4 is 11.9 Å². The first kappa shape index (κ1) is 13.3. The van der Waals surface area contributed by atoms with Crippen LogP contribution in [0.3, 0.4) is 0 Å². The molecule has 2 aliphatic rings. The van der Waals surface area contributed by atoms with Gasteiger partial charge >= 0.3 is 5.97 Å². The van der Waals surface area contributed by atoms with Crippen molar-refractivity contribution in [3.05, 3.63) is 0 Å². The van der Waals surface area contributed by atoms with Crippen LogP contribution in [0.2, 0.25) is 0 Å². The third-order valence-electron chi connectivity index (χ3n) is 3.82. The number of hydrogen-bond donors (Lipinski definition) is 1. The molecule has 1 saturated heterocycles. The highest BCUT2D eigenvalue weighted by Gasteiger charge is 2.46. The van der Waals surface area contributed by atoms with Crippen molar-refractivity contribution in [3.63, 3.8) is 0 Å². The molecule has 0 aromatic rings. The molecule has 1 aliphatic heterocycles. The minimum Gasteiger partial charge on any atom is -0.481 e. The molecule has 18 heavy (non-hydrogen) atoms. The highest BCUT2D eigenvalue weighted by Crippen LogP contribution is 2.36. The smallest absolute Gasteiger partial charge is 0.303 e. The van der Waals surface area contributed by atoms with Gasteiger partial charge in [0.05, 0.1) is 12.0 Å². The maximum Gasteiger partial charge on any atom is 0.303 e. The third-order valence-corrected chi connectivity index (χ3v) is 3.82. The SMILES string of the molecule is CCOC1CC1C(=O)N1CCC(CC(=O)O)CC1. The average Bonchev–Trinajstić information content (AvgIpc) is 3.08. The summed E-state index contributed by atoms with van der Waals surface area (Å²) in [6.07, 6.45) is 2.82. The number of nitrogens with zero attached hydrogens (tertiary/aromatic N) is 1. The summed E-state index contributed by atoms with van der Waals surface area (Å²) in [5, 5.41) is 8.74. The zero-order chi connectivity index (χ0) is 13.1. The largest absolute Gasteiger partial charge is 0.481 e. The van der Waals surface area contributed by atoms with E-state index in [4.69, 9.17) is 9.84 Å². The monoisotopic (exact) mass is 255 g/mol. The number of carbonyl (C=O) groups excluding carboxylic acids is 1. The topological polar surface area (TPSA) is 66.8 Å². The van der Waals surface area contributed by atoms with Crippen LogP contribution in [-0.4, -0.2) is 47.7 Å². The minimum absolute atomic E-state index is 0.0565. The number of likely N-dealkylation sites (tertiary alicyclic amines) is 1. The molecule has 1 saturated carbocycles. The van der Waals surface area contributed by atoms with E-state index in [1.54, 1.807) is 0 Å². The summed E-state index contributed by atoms with van der Waals surface area (Å²) < 4.78 is 5.43. The van der Waals surface area contributed by atoms with Gasteiger partial charge in [-0.15, -0.1) is 0 Å². The zero-order valence-corrected chi connectivity index (χ0v) is 10.8. The number of amides is 1. The summed E-state index contributed by atoms with van der Waals surface area (Å²) >= 11 is 0. The molecule has 1 aliphatic carbocycles. The Morgan fingerprint density at radius 1 is 1.33 bits per heavy atom. The number of carboxylic acid groups (broad SMARTS) is 1. The molecule has 2 atom stereocenters. The Morgan fingerprint density at radius 2 is 2.00 bits per heavy atom. The number of aliphatic carboxylic acids is 1. The molecular formula is C13H21NO4. The van der Waals surface area contributed by atoms with Crippen LogP contribution in [0.1, 0.15) is 32.6 Å². The Bertz CT molecular complexity index is 323. The molecule has 1 N–H and O–H groups in total. The van der Waals surface area contributed by atoms with E-state index in [0.717, 1.165) is 19.3 Å². The summed E-state index contributed by atoms with van der Waals surface area (Å²) in [5.41, 5.74) is 0. The van der Waals surface area contributed by atoms with E-state index in [1.165, 1.54) is 0 Å². The minimum atomic E-state index is -0.738. The van der Waals surface area contributed by atoms with E-state index in [0.29, 0.717) is 19.7 Å². The van der Waals surface area contributed by atoms with Crippen molar-refractivity contribution in [1.29, 1.82) is 0 Å². The van der Waals surface area contributed by atoms with Gasteiger partial charge < -0.3 is 14.7 Å². The van der Waals surface area contributed by atoms with Gasteiger partial charge in [0.15, 0.2) is 0 Å². The van der Waals surface area contributed by atoms with Crippen molar-refractivity contribution in [3.8, 4) is 0 Å².